The van der Waals surface area contributed by atoms with Crippen LogP contribution in [0.5, 0.6) is 0 Å². The Kier molecular flexibility index (Phi) is 3.82. The van der Waals surface area contributed by atoms with Crippen molar-refractivity contribution in [2.45, 2.75) is 10.8 Å². The zero-order chi connectivity index (χ0) is 14.9. The molecule has 1 N–H and O–H groups in total. The molecule has 0 fully saturated rings. The van der Waals surface area contributed by atoms with Gasteiger partial charge in [0.1, 0.15) is 5.82 Å². The molecule has 2 aromatic rings. The maximum Gasteiger partial charge on any atom is 0.371 e. The molecule has 1 aromatic heterocycles. The highest BCUT2D eigenvalue weighted by Crippen LogP contribution is 2.24. The van der Waals surface area contributed by atoms with E-state index in [1.807, 2.05) is 0 Å². The third kappa shape index (κ3) is 2.83. The van der Waals surface area contributed by atoms with Crippen LogP contribution in [0.25, 0.3) is 0 Å². The van der Waals surface area contributed by atoms with Crippen molar-refractivity contribution in [3.8, 4) is 0 Å². The Morgan fingerprint density at radius 3 is 2.60 bits per heavy atom. The third-order valence-corrected chi connectivity index (χ3v) is 4.29. The van der Waals surface area contributed by atoms with Gasteiger partial charge in [0, 0.05) is 5.56 Å². The minimum absolute atomic E-state index is 0.120. The summed E-state index contributed by atoms with van der Waals surface area (Å²) in [4.78, 5) is 10.6. The standard InChI is InChI=1S/C12H8ClFO5S/c13-8-3-1-2-7(11(8)14)6-20(17,18)10-5-4-9(19-10)12(15)16/h1-5H,6H2,(H,15,16). The lowest BCUT2D eigenvalue weighted by Crippen LogP contribution is -2.06. The van der Waals surface area contributed by atoms with Gasteiger partial charge in [0.2, 0.25) is 20.7 Å². The fraction of sp³-hybridized carbons (Fsp3) is 0.0833. The van der Waals surface area contributed by atoms with Crippen molar-refractivity contribution in [2.75, 3.05) is 0 Å². The zero-order valence-electron chi connectivity index (χ0n) is 9.84. The molecule has 0 radical (unpaired) electrons. The first kappa shape index (κ1) is 14.5. The lowest BCUT2D eigenvalue weighted by atomic mass is 10.2. The van der Waals surface area contributed by atoms with E-state index < -0.39 is 38.2 Å². The molecule has 1 heterocycles. The second kappa shape index (κ2) is 5.26. The zero-order valence-corrected chi connectivity index (χ0v) is 11.4. The molecule has 20 heavy (non-hydrogen) atoms. The van der Waals surface area contributed by atoms with Gasteiger partial charge in [-0.15, -0.1) is 0 Å². The third-order valence-electron chi connectivity index (χ3n) is 2.48. The summed E-state index contributed by atoms with van der Waals surface area (Å²) < 4.78 is 42.4. The molecular weight excluding hydrogens is 311 g/mol. The molecule has 0 saturated carbocycles. The van der Waals surface area contributed by atoms with Crippen LogP contribution >= 0.6 is 11.6 Å². The Balaban J connectivity index is 2.35. The van der Waals surface area contributed by atoms with Crippen molar-refractivity contribution in [3.05, 3.63) is 52.5 Å². The van der Waals surface area contributed by atoms with E-state index in [2.05, 4.69) is 0 Å². The van der Waals surface area contributed by atoms with Gasteiger partial charge in [-0.25, -0.2) is 17.6 Å². The van der Waals surface area contributed by atoms with Gasteiger partial charge >= 0.3 is 5.97 Å². The Labute approximate surface area is 118 Å². The van der Waals surface area contributed by atoms with Gasteiger partial charge in [0.15, 0.2) is 0 Å². The average molecular weight is 319 g/mol. The summed E-state index contributed by atoms with van der Waals surface area (Å²) in [7, 11) is -3.99. The first-order chi connectivity index (χ1) is 9.31. The average Bonchev–Trinajstić information content (AvgIpc) is 2.85. The van der Waals surface area contributed by atoms with Gasteiger partial charge in [0.05, 0.1) is 10.8 Å². The maximum atomic E-state index is 13.7. The van der Waals surface area contributed by atoms with Gasteiger partial charge in [-0.1, -0.05) is 23.7 Å². The summed E-state index contributed by atoms with van der Waals surface area (Å²) in [6.07, 6.45) is 0. The molecular formula is C12H8ClFO5S. The summed E-state index contributed by atoms with van der Waals surface area (Å²) >= 11 is 5.56. The van der Waals surface area contributed by atoms with Gasteiger partial charge in [-0.05, 0) is 18.2 Å². The van der Waals surface area contributed by atoms with E-state index in [4.69, 9.17) is 21.1 Å². The number of hydrogen-bond donors (Lipinski definition) is 1. The van der Waals surface area contributed by atoms with E-state index in [1.54, 1.807) is 0 Å². The summed E-state index contributed by atoms with van der Waals surface area (Å²) in [5.41, 5.74) is -0.120. The van der Waals surface area contributed by atoms with Crippen LogP contribution in [0, 0.1) is 5.82 Å². The lowest BCUT2D eigenvalue weighted by molar-refractivity contribution is 0.0656. The van der Waals surface area contributed by atoms with Gasteiger partial charge in [0.25, 0.3) is 0 Å². The van der Waals surface area contributed by atoms with Crippen LogP contribution in [0.1, 0.15) is 16.1 Å². The van der Waals surface area contributed by atoms with Gasteiger partial charge < -0.3 is 9.52 Å². The lowest BCUT2D eigenvalue weighted by Gasteiger charge is -2.04. The molecule has 0 saturated heterocycles. The molecule has 0 aliphatic rings. The van der Waals surface area contributed by atoms with Crippen LogP contribution in [0.4, 0.5) is 4.39 Å². The molecule has 0 bridgehead atoms. The molecule has 0 atom stereocenters. The smallest absolute Gasteiger partial charge is 0.371 e. The Hall–Kier alpha value is -1.86. The van der Waals surface area contributed by atoms with Crippen LogP contribution in [0.2, 0.25) is 5.02 Å². The monoisotopic (exact) mass is 318 g/mol. The van der Waals surface area contributed by atoms with Gasteiger partial charge in [-0.3, -0.25) is 0 Å². The molecule has 1 aromatic carbocycles. The Morgan fingerprint density at radius 1 is 1.30 bits per heavy atom. The van der Waals surface area contributed by atoms with Crippen LogP contribution in [0.3, 0.4) is 0 Å². The van der Waals surface area contributed by atoms with Crippen molar-refractivity contribution in [1.82, 2.24) is 0 Å². The van der Waals surface area contributed by atoms with E-state index in [1.165, 1.54) is 18.2 Å². The highest BCUT2D eigenvalue weighted by atomic mass is 35.5. The molecule has 0 aliphatic heterocycles. The highest BCUT2D eigenvalue weighted by molar-refractivity contribution is 7.90. The number of rotatable bonds is 4. The molecule has 8 heteroatoms. The highest BCUT2D eigenvalue weighted by Gasteiger charge is 2.23. The number of carboxylic acid groups (broad SMARTS) is 1. The van der Waals surface area contributed by atoms with Crippen molar-refractivity contribution in [3.63, 3.8) is 0 Å². The Morgan fingerprint density at radius 2 is 2.00 bits per heavy atom. The number of halogens is 2. The number of carbonyl (C=O) groups is 1. The van der Waals surface area contributed by atoms with Crippen LogP contribution in [0.15, 0.2) is 39.8 Å². The number of hydrogen-bond acceptors (Lipinski definition) is 4. The molecule has 5 nitrogen and oxygen atoms in total. The number of sulfone groups is 1. The predicted molar refractivity (Wildman–Crippen MR) is 68.0 cm³/mol. The number of benzene rings is 1. The number of furan rings is 1. The van der Waals surface area contributed by atoms with E-state index in [9.17, 15) is 17.6 Å². The topological polar surface area (TPSA) is 84.6 Å². The first-order valence-corrected chi connectivity index (χ1v) is 7.33. The van der Waals surface area contributed by atoms with Crippen molar-refractivity contribution >= 4 is 27.4 Å². The molecule has 2 rings (SSSR count). The summed E-state index contributed by atoms with van der Waals surface area (Å²) in [5, 5.41) is 7.94. The summed E-state index contributed by atoms with van der Waals surface area (Å²) in [5.74, 6) is -3.40. The number of aromatic carboxylic acids is 1. The maximum absolute atomic E-state index is 13.7. The van der Waals surface area contributed by atoms with Crippen LogP contribution in [-0.2, 0) is 15.6 Å². The van der Waals surface area contributed by atoms with E-state index in [0.29, 0.717) is 0 Å². The van der Waals surface area contributed by atoms with Crippen molar-refractivity contribution < 1.29 is 27.1 Å². The molecule has 106 valence electrons. The minimum Gasteiger partial charge on any atom is -0.475 e. The van der Waals surface area contributed by atoms with E-state index >= 15 is 0 Å². The molecule has 0 unspecified atom stereocenters. The predicted octanol–water partition coefficient (Wildman–Crippen LogP) is 2.74. The minimum atomic E-state index is -3.99. The largest absolute Gasteiger partial charge is 0.475 e. The summed E-state index contributed by atoms with van der Waals surface area (Å²) in [6.45, 7) is 0. The second-order valence-corrected chi connectivity index (χ2v) is 6.22. The molecule has 0 amide bonds. The van der Waals surface area contributed by atoms with Crippen molar-refractivity contribution in [1.29, 1.82) is 0 Å². The van der Waals surface area contributed by atoms with Crippen LogP contribution < -0.4 is 0 Å². The quantitative estimate of drug-likeness (QED) is 0.937. The molecule has 0 spiro atoms. The first-order valence-electron chi connectivity index (χ1n) is 5.30. The fourth-order valence-corrected chi connectivity index (χ4v) is 3.00. The summed E-state index contributed by atoms with van der Waals surface area (Å²) in [6, 6.07) is 6.02. The van der Waals surface area contributed by atoms with Gasteiger partial charge in [-0.2, -0.15) is 0 Å². The van der Waals surface area contributed by atoms with E-state index in [-0.39, 0.29) is 10.6 Å². The molecule has 0 aliphatic carbocycles. The van der Waals surface area contributed by atoms with E-state index in [0.717, 1.165) is 12.1 Å². The van der Waals surface area contributed by atoms with Crippen molar-refractivity contribution in [2.24, 2.45) is 0 Å². The number of carboxylic acids is 1. The SMILES string of the molecule is O=C(O)c1ccc(S(=O)(=O)Cc2cccc(Cl)c2F)o1. The normalized spacial score (nSPS) is 11.5. The second-order valence-electron chi connectivity index (χ2n) is 3.90. The van der Waals surface area contributed by atoms with Crippen LogP contribution in [-0.4, -0.2) is 19.5 Å². The fourth-order valence-electron chi connectivity index (χ4n) is 1.54. The Bertz CT molecular complexity index is 766.